The minimum absolute atomic E-state index is 0.0420. The number of carbonyl (C=O) groups excluding carboxylic acids is 1. The van der Waals surface area contributed by atoms with Crippen LogP contribution in [0.2, 0.25) is 0 Å². The van der Waals surface area contributed by atoms with Crippen LogP contribution in [0.25, 0.3) is 0 Å². The van der Waals surface area contributed by atoms with Crippen LogP contribution in [0.5, 0.6) is 0 Å². The van der Waals surface area contributed by atoms with E-state index in [9.17, 15) is 22.8 Å². The van der Waals surface area contributed by atoms with E-state index >= 15 is 0 Å². The number of carboxylic acid groups (broad SMARTS) is 1. The number of amides is 1. The highest BCUT2D eigenvalue weighted by molar-refractivity contribution is 5.79. The van der Waals surface area contributed by atoms with E-state index in [0.29, 0.717) is 38.5 Å². The van der Waals surface area contributed by atoms with E-state index in [4.69, 9.17) is 5.11 Å². The Morgan fingerprint density at radius 2 is 1.55 bits per heavy atom. The SMILES string of the molecule is O=C(O)C1CCC(C(=O)NC2CCCC(C(F)(F)F)C2)CC1. The standard InChI is InChI=1S/C15H22F3NO3/c16-15(17,18)11-2-1-3-12(8-11)19-13(20)9-4-6-10(7-5-9)14(21)22/h9-12H,1-8H2,(H,19,20)(H,21,22). The summed E-state index contributed by atoms with van der Waals surface area (Å²) in [6.07, 6.45) is -1.12. The first-order chi connectivity index (χ1) is 10.3. The van der Waals surface area contributed by atoms with Gasteiger partial charge in [0.15, 0.2) is 0 Å². The molecule has 0 radical (unpaired) electrons. The Labute approximate surface area is 127 Å². The van der Waals surface area contributed by atoms with Crippen molar-refractivity contribution >= 4 is 11.9 Å². The number of nitrogens with one attached hydrogen (secondary N) is 1. The van der Waals surface area contributed by atoms with Crippen molar-refractivity contribution in [1.29, 1.82) is 0 Å². The predicted molar refractivity (Wildman–Crippen MR) is 73.0 cm³/mol. The average molecular weight is 321 g/mol. The molecule has 0 aromatic rings. The Morgan fingerprint density at radius 1 is 0.955 bits per heavy atom. The number of alkyl halides is 3. The van der Waals surface area contributed by atoms with Gasteiger partial charge in [-0.05, 0) is 44.9 Å². The molecular formula is C15H22F3NO3. The molecule has 22 heavy (non-hydrogen) atoms. The number of halogens is 3. The molecule has 2 aliphatic rings. The molecule has 1 amide bonds. The summed E-state index contributed by atoms with van der Waals surface area (Å²) in [4.78, 5) is 23.0. The third-order valence-electron chi connectivity index (χ3n) is 4.93. The fourth-order valence-electron chi connectivity index (χ4n) is 3.54. The van der Waals surface area contributed by atoms with E-state index in [1.807, 2.05) is 0 Å². The molecule has 2 aliphatic carbocycles. The van der Waals surface area contributed by atoms with Gasteiger partial charge in [-0.2, -0.15) is 13.2 Å². The number of hydrogen-bond acceptors (Lipinski definition) is 2. The molecule has 2 rings (SSSR count). The monoisotopic (exact) mass is 321 g/mol. The maximum absolute atomic E-state index is 12.8. The highest BCUT2D eigenvalue weighted by Gasteiger charge is 2.42. The second-order valence-electron chi connectivity index (χ2n) is 6.50. The van der Waals surface area contributed by atoms with E-state index in [0.717, 1.165) is 0 Å². The Bertz CT molecular complexity index is 417. The number of hydrogen-bond donors (Lipinski definition) is 2. The summed E-state index contributed by atoms with van der Waals surface area (Å²) in [6.45, 7) is 0. The van der Waals surface area contributed by atoms with Crippen LogP contribution in [0.1, 0.15) is 51.4 Å². The lowest BCUT2D eigenvalue weighted by Crippen LogP contribution is -2.44. The van der Waals surface area contributed by atoms with Crippen molar-refractivity contribution in [1.82, 2.24) is 5.32 Å². The van der Waals surface area contributed by atoms with Gasteiger partial charge in [-0.3, -0.25) is 9.59 Å². The zero-order chi connectivity index (χ0) is 16.3. The molecule has 2 fully saturated rings. The highest BCUT2D eigenvalue weighted by atomic mass is 19.4. The minimum Gasteiger partial charge on any atom is -0.481 e. The fraction of sp³-hybridized carbons (Fsp3) is 0.867. The Balaban J connectivity index is 1.81. The van der Waals surface area contributed by atoms with Gasteiger partial charge in [0.2, 0.25) is 5.91 Å². The maximum Gasteiger partial charge on any atom is 0.391 e. The van der Waals surface area contributed by atoms with E-state index in [2.05, 4.69) is 5.32 Å². The predicted octanol–water partition coefficient (Wildman–Crippen LogP) is 3.11. The number of aliphatic carboxylic acids is 1. The molecule has 2 saturated carbocycles. The molecule has 0 aromatic heterocycles. The first kappa shape index (κ1) is 17.1. The van der Waals surface area contributed by atoms with Crippen molar-refractivity contribution in [3.63, 3.8) is 0 Å². The van der Waals surface area contributed by atoms with Gasteiger partial charge in [-0.1, -0.05) is 6.42 Å². The smallest absolute Gasteiger partial charge is 0.391 e. The summed E-state index contributed by atoms with van der Waals surface area (Å²) in [5.41, 5.74) is 0. The van der Waals surface area contributed by atoms with E-state index < -0.39 is 30.0 Å². The molecule has 126 valence electrons. The summed E-state index contributed by atoms with van der Waals surface area (Å²) in [6, 6.07) is -0.412. The van der Waals surface area contributed by atoms with Crippen molar-refractivity contribution in [2.24, 2.45) is 17.8 Å². The van der Waals surface area contributed by atoms with Crippen LogP contribution < -0.4 is 5.32 Å². The van der Waals surface area contributed by atoms with E-state index in [-0.39, 0.29) is 24.7 Å². The highest BCUT2D eigenvalue weighted by Crippen LogP contribution is 2.38. The van der Waals surface area contributed by atoms with Crippen LogP contribution in [0.4, 0.5) is 13.2 Å². The molecular weight excluding hydrogens is 299 g/mol. The van der Waals surface area contributed by atoms with Gasteiger partial charge in [0, 0.05) is 12.0 Å². The molecule has 0 bridgehead atoms. The first-order valence-electron chi connectivity index (χ1n) is 7.87. The molecule has 4 nitrogen and oxygen atoms in total. The second kappa shape index (κ2) is 6.87. The Kier molecular flexibility index (Phi) is 5.34. The Morgan fingerprint density at radius 3 is 2.09 bits per heavy atom. The van der Waals surface area contributed by atoms with Gasteiger partial charge in [0.05, 0.1) is 11.8 Å². The maximum atomic E-state index is 12.8. The zero-order valence-electron chi connectivity index (χ0n) is 12.4. The largest absolute Gasteiger partial charge is 0.481 e. The second-order valence-corrected chi connectivity index (χ2v) is 6.50. The van der Waals surface area contributed by atoms with Crippen molar-refractivity contribution in [3.8, 4) is 0 Å². The molecule has 2 N–H and O–H groups in total. The van der Waals surface area contributed by atoms with Gasteiger partial charge in [0.25, 0.3) is 0 Å². The zero-order valence-corrected chi connectivity index (χ0v) is 12.4. The van der Waals surface area contributed by atoms with Crippen LogP contribution >= 0.6 is 0 Å². The van der Waals surface area contributed by atoms with Crippen LogP contribution in [-0.4, -0.2) is 29.2 Å². The van der Waals surface area contributed by atoms with Gasteiger partial charge in [0.1, 0.15) is 0 Å². The third kappa shape index (κ3) is 4.36. The first-order valence-corrected chi connectivity index (χ1v) is 7.87. The summed E-state index contributed by atoms with van der Waals surface area (Å²) < 4.78 is 38.3. The molecule has 2 atom stereocenters. The number of carbonyl (C=O) groups is 2. The summed E-state index contributed by atoms with van der Waals surface area (Å²) in [5, 5.41) is 11.7. The minimum atomic E-state index is -4.19. The van der Waals surface area contributed by atoms with E-state index in [1.165, 1.54) is 0 Å². The summed E-state index contributed by atoms with van der Waals surface area (Å²) >= 11 is 0. The van der Waals surface area contributed by atoms with Crippen LogP contribution in [-0.2, 0) is 9.59 Å². The normalized spacial score (nSPS) is 33.2. The fourth-order valence-corrected chi connectivity index (χ4v) is 3.54. The topological polar surface area (TPSA) is 66.4 Å². The van der Waals surface area contributed by atoms with Gasteiger partial charge in [-0.25, -0.2) is 0 Å². The van der Waals surface area contributed by atoms with Crippen molar-refractivity contribution in [3.05, 3.63) is 0 Å². The van der Waals surface area contributed by atoms with Crippen molar-refractivity contribution in [2.75, 3.05) is 0 Å². The summed E-state index contributed by atoms with van der Waals surface area (Å²) in [7, 11) is 0. The van der Waals surface area contributed by atoms with Gasteiger partial charge < -0.3 is 10.4 Å². The Hall–Kier alpha value is -1.27. The van der Waals surface area contributed by atoms with E-state index in [1.54, 1.807) is 0 Å². The molecule has 7 heteroatoms. The van der Waals surface area contributed by atoms with Gasteiger partial charge in [-0.15, -0.1) is 0 Å². The lowest BCUT2D eigenvalue weighted by atomic mass is 9.80. The molecule has 0 heterocycles. The van der Waals surface area contributed by atoms with Crippen LogP contribution in [0, 0.1) is 17.8 Å². The van der Waals surface area contributed by atoms with Gasteiger partial charge >= 0.3 is 12.1 Å². The molecule has 0 saturated heterocycles. The molecule has 0 aliphatic heterocycles. The van der Waals surface area contributed by atoms with Crippen molar-refractivity contribution in [2.45, 2.75) is 63.6 Å². The average Bonchev–Trinajstić information content (AvgIpc) is 2.46. The third-order valence-corrected chi connectivity index (χ3v) is 4.93. The number of carboxylic acids is 1. The summed E-state index contributed by atoms with van der Waals surface area (Å²) in [5.74, 6) is -3.03. The van der Waals surface area contributed by atoms with Crippen LogP contribution in [0.15, 0.2) is 0 Å². The number of rotatable bonds is 3. The molecule has 0 aromatic carbocycles. The lowest BCUT2D eigenvalue weighted by Gasteiger charge is -2.33. The quantitative estimate of drug-likeness (QED) is 0.839. The van der Waals surface area contributed by atoms with Crippen molar-refractivity contribution < 1.29 is 27.9 Å². The lowest BCUT2D eigenvalue weighted by molar-refractivity contribution is -0.184. The molecule has 2 unspecified atom stereocenters. The van der Waals surface area contributed by atoms with Crippen LogP contribution in [0.3, 0.4) is 0 Å². The molecule has 0 spiro atoms.